The lowest BCUT2D eigenvalue weighted by molar-refractivity contribution is 0.285. The summed E-state index contributed by atoms with van der Waals surface area (Å²) in [6.07, 6.45) is 2.75. The fraction of sp³-hybridized carbons (Fsp3) is 0.571. The summed E-state index contributed by atoms with van der Waals surface area (Å²) in [4.78, 5) is 2.47. The number of piperazine rings is 1. The third-order valence-electron chi connectivity index (χ3n) is 4.16. The van der Waals surface area contributed by atoms with Crippen molar-refractivity contribution in [2.24, 2.45) is 5.92 Å². The first-order valence-corrected chi connectivity index (χ1v) is 7.71. The summed E-state index contributed by atoms with van der Waals surface area (Å²) < 4.78 is 1.09. The molecule has 1 aromatic rings. The van der Waals surface area contributed by atoms with Crippen LogP contribution in [0.3, 0.4) is 0 Å². The Kier molecular flexibility index (Phi) is 3.33. The van der Waals surface area contributed by atoms with Gasteiger partial charge in [0.25, 0.3) is 0 Å². The zero-order valence-corrected chi connectivity index (χ0v) is 12.9. The van der Waals surface area contributed by atoms with Crippen LogP contribution in [0, 0.1) is 5.92 Å². The number of anilines is 1. The molecule has 1 aliphatic heterocycles. The molecule has 2 aliphatic rings. The molecular weight excluding hydrogens is 312 g/mol. The second kappa shape index (κ2) is 4.69. The van der Waals surface area contributed by atoms with Crippen molar-refractivity contribution in [1.82, 2.24) is 5.32 Å². The second-order valence-electron chi connectivity index (χ2n) is 5.64. The maximum absolute atomic E-state index is 6.01. The number of hydrogen-bond acceptors (Lipinski definition) is 2. The van der Waals surface area contributed by atoms with Gasteiger partial charge in [0.05, 0.1) is 5.69 Å². The van der Waals surface area contributed by atoms with Gasteiger partial charge < -0.3 is 10.2 Å². The monoisotopic (exact) mass is 328 g/mol. The van der Waals surface area contributed by atoms with E-state index in [1.165, 1.54) is 18.5 Å². The summed E-state index contributed by atoms with van der Waals surface area (Å²) in [6, 6.07) is 6.07. The van der Waals surface area contributed by atoms with Crippen LogP contribution in [0.1, 0.15) is 19.8 Å². The highest BCUT2D eigenvalue weighted by Gasteiger charge is 2.44. The minimum absolute atomic E-state index is 0.275. The summed E-state index contributed by atoms with van der Waals surface area (Å²) in [5, 5.41) is 4.49. The van der Waals surface area contributed by atoms with Crippen molar-refractivity contribution >= 4 is 33.2 Å². The molecule has 4 heteroatoms. The summed E-state index contributed by atoms with van der Waals surface area (Å²) in [6.45, 7) is 5.56. The van der Waals surface area contributed by atoms with Gasteiger partial charge in [-0.05, 0) is 59.8 Å². The van der Waals surface area contributed by atoms with Crippen molar-refractivity contribution in [3.05, 3.63) is 27.7 Å². The Hall–Kier alpha value is -0.250. The molecule has 2 nitrogen and oxygen atoms in total. The van der Waals surface area contributed by atoms with E-state index < -0.39 is 0 Å². The molecule has 1 heterocycles. The SMILES string of the molecule is CC1(C2CC2)CN(c2ccc(Cl)cc2Br)CCN1. The number of benzene rings is 1. The van der Waals surface area contributed by atoms with Gasteiger partial charge in [-0.25, -0.2) is 0 Å². The fourth-order valence-corrected chi connectivity index (χ4v) is 3.88. The molecular formula is C14H18BrClN2. The summed E-state index contributed by atoms with van der Waals surface area (Å²) in [5.41, 5.74) is 1.53. The smallest absolute Gasteiger partial charge is 0.0512 e. The van der Waals surface area contributed by atoms with E-state index in [4.69, 9.17) is 11.6 Å². The van der Waals surface area contributed by atoms with Crippen molar-refractivity contribution < 1.29 is 0 Å². The number of hydrogen-bond donors (Lipinski definition) is 1. The molecule has 1 saturated carbocycles. The van der Waals surface area contributed by atoms with Crippen LogP contribution in [0.4, 0.5) is 5.69 Å². The molecule has 1 aliphatic carbocycles. The number of halogens is 2. The molecule has 0 aromatic heterocycles. The van der Waals surface area contributed by atoms with Crippen LogP contribution < -0.4 is 10.2 Å². The maximum Gasteiger partial charge on any atom is 0.0512 e. The summed E-state index contributed by atoms with van der Waals surface area (Å²) in [7, 11) is 0. The predicted octanol–water partition coefficient (Wildman–Crippen LogP) is 3.68. The van der Waals surface area contributed by atoms with E-state index in [1.807, 2.05) is 12.1 Å². The largest absolute Gasteiger partial charge is 0.367 e. The van der Waals surface area contributed by atoms with E-state index in [-0.39, 0.29) is 5.54 Å². The van der Waals surface area contributed by atoms with Crippen LogP contribution in [0.15, 0.2) is 22.7 Å². The molecule has 1 atom stereocenters. The van der Waals surface area contributed by atoms with E-state index in [0.717, 1.165) is 35.0 Å². The molecule has 2 fully saturated rings. The van der Waals surface area contributed by atoms with Gasteiger partial charge in [-0.1, -0.05) is 11.6 Å². The molecule has 1 unspecified atom stereocenters. The van der Waals surface area contributed by atoms with E-state index in [2.05, 4.69) is 39.1 Å². The topological polar surface area (TPSA) is 15.3 Å². The quantitative estimate of drug-likeness (QED) is 0.890. The summed E-state index contributed by atoms with van der Waals surface area (Å²) >= 11 is 9.64. The van der Waals surface area contributed by atoms with Gasteiger partial charge in [-0.3, -0.25) is 0 Å². The highest BCUT2D eigenvalue weighted by atomic mass is 79.9. The number of nitrogens with zero attached hydrogens (tertiary/aromatic N) is 1. The van der Waals surface area contributed by atoms with Crippen LogP contribution in [-0.4, -0.2) is 25.2 Å². The Morgan fingerprint density at radius 3 is 2.89 bits per heavy atom. The van der Waals surface area contributed by atoms with Crippen molar-refractivity contribution in [2.75, 3.05) is 24.5 Å². The first kappa shape index (κ1) is 12.8. The average Bonchev–Trinajstić information content (AvgIpc) is 3.12. The Balaban J connectivity index is 1.83. The molecule has 0 amide bonds. The highest BCUT2D eigenvalue weighted by molar-refractivity contribution is 9.10. The number of rotatable bonds is 2. The van der Waals surface area contributed by atoms with Gasteiger partial charge in [0.1, 0.15) is 0 Å². The van der Waals surface area contributed by atoms with E-state index in [0.29, 0.717) is 0 Å². The molecule has 3 rings (SSSR count). The number of nitrogens with one attached hydrogen (secondary N) is 1. The van der Waals surface area contributed by atoms with Crippen LogP contribution in [-0.2, 0) is 0 Å². The van der Waals surface area contributed by atoms with Gasteiger partial charge in [-0.2, -0.15) is 0 Å². The fourth-order valence-electron chi connectivity index (χ4n) is 2.95. The molecule has 0 spiro atoms. The van der Waals surface area contributed by atoms with Gasteiger partial charge in [0.2, 0.25) is 0 Å². The molecule has 1 aromatic carbocycles. The first-order chi connectivity index (χ1) is 8.58. The van der Waals surface area contributed by atoms with Gasteiger partial charge in [0, 0.05) is 34.7 Å². The van der Waals surface area contributed by atoms with Crippen molar-refractivity contribution in [2.45, 2.75) is 25.3 Å². The van der Waals surface area contributed by atoms with Crippen LogP contribution in [0.5, 0.6) is 0 Å². The molecule has 18 heavy (non-hydrogen) atoms. The van der Waals surface area contributed by atoms with Crippen LogP contribution in [0.25, 0.3) is 0 Å². The molecule has 98 valence electrons. The Labute approximate surface area is 122 Å². The minimum Gasteiger partial charge on any atom is -0.367 e. The summed E-state index contributed by atoms with van der Waals surface area (Å²) in [5.74, 6) is 0.853. The lowest BCUT2D eigenvalue weighted by Gasteiger charge is -2.43. The Morgan fingerprint density at radius 1 is 1.44 bits per heavy atom. The lowest BCUT2D eigenvalue weighted by atomic mass is 9.92. The van der Waals surface area contributed by atoms with Crippen LogP contribution in [0.2, 0.25) is 5.02 Å². The van der Waals surface area contributed by atoms with Crippen LogP contribution >= 0.6 is 27.5 Å². The Bertz CT molecular complexity index is 461. The van der Waals surface area contributed by atoms with E-state index in [1.54, 1.807) is 0 Å². The minimum atomic E-state index is 0.275. The Morgan fingerprint density at radius 2 is 2.22 bits per heavy atom. The highest BCUT2D eigenvalue weighted by Crippen LogP contribution is 2.42. The second-order valence-corrected chi connectivity index (χ2v) is 6.93. The van der Waals surface area contributed by atoms with Gasteiger partial charge >= 0.3 is 0 Å². The molecule has 1 N–H and O–H groups in total. The van der Waals surface area contributed by atoms with Gasteiger partial charge in [-0.15, -0.1) is 0 Å². The molecule has 0 bridgehead atoms. The van der Waals surface area contributed by atoms with E-state index >= 15 is 0 Å². The standard InChI is InChI=1S/C14H18BrClN2/c1-14(10-2-3-10)9-18(7-6-17-14)13-5-4-11(16)8-12(13)15/h4-5,8,10,17H,2-3,6-7,9H2,1H3. The van der Waals surface area contributed by atoms with Gasteiger partial charge in [0.15, 0.2) is 0 Å². The molecule has 1 saturated heterocycles. The first-order valence-electron chi connectivity index (χ1n) is 6.53. The van der Waals surface area contributed by atoms with Crippen molar-refractivity contribution in [3.63, 3.8) is 0 Å². The van der Waals surface area contributed by atoms with Crippen molar-refractivity contribution in [3.8, 4) is 0 Å². The zero-order chi connectivity index (χ0) is 12.8. The normalized spacial score (nSPS) is 28.5. The predicted molar refractivity (Wildman–Crippen MR) is 80.5 cm³/mol. The zero-order valence-electron chi connectivity index (χ0n) is 10.5. The average molecular weight is 330 g/mol. The van der Waals surface area contributed by atoms with E-state index in [9.17, 15) is 0 Å². The maximum atomic E-state index is 6.01. The lowest BCUT2D eigenvalue weighted by Crippen LogP contribution is -2.60. The third-order valence-corrected chi connectivity index (χ3v) is 5.03. The molecule has 0 radical (unpaired) electrons. The third kappa shape index (κ3) is 2.40. The van der Waals surface area contributed by atoms with Crippen molar-refractivity contribution in [1.29, 1.82) is 0 Å².